The van der Waals surface area contributed by atoms with Crippen molar-refractivity contribution in [2.45, 2.75) is 13.5 Å². The minimum Gasteiger partial charge on any atom is -0.489 e. The second-order valence-corrected chi connectivity index (χ2v) is 4.89. The van der Waals surface area contributed by atoms with Gasteiger partial charge in [0.15, 0.2) is 0 Å². The van der Waals surface area contributed by atoms with Crippen LogP contribution in [0.2, 0.25) is 10.0 Å². The van der Waals surface area contributed by atoms with E-state index in [1.165, 1.54) is 0 Å². The molecule has 0 bridgehead atoms. The molecule has 0 saturated heterocycles. The van der Waals surface area contributed by atoms with Gasteiger partial charge in [-0.1, -0.05) is 23.2 Å². The van der Waals surface area contributed by atoms with Gasteiger partial charge in [0.1, 0.15) is 12.4 Å². The van der Waals surface area contributed by atoms with E-state index < -0.39 is 0 Å². The summed E-state index contributed by atoms with van der Waals surface area (Å²) in [6, 6.07) is 10.8. The SMILES string of the molecule is Cc1cc(Cl)ccc1OCc1cc(N)ccc1Cl. The van der Waals surface area contributed by atoms with Crippen molar-refractivity contribution < 1.29 is 4.74 Å². The largest absolute Gasteiger partial charge is 0.489 e. The Hall–Kier alpha value is -1.38. The lowest BCUT2D eigenvalue weighted by atomic mass is 10.2. The first-order valence-electron chi connectivity index (χ1n) is 5.49. The van der Waals surface area contributed by atoms with Crippen LogP contribution in [0.3, 0.4) is 0 Å². The molecule has 0 radical (unpaired) electrons. The molecule has 94 valence electrons. The van der Waals surface area contributed by atoms with Crippen molar-refractivity contribution in [2.24, 2.45) is 0 Å². The van der Waals surface area contributed by atoms with Crippen LogP contribution in [-0.4, -0.2) is 0 Å². The molecule has 0 spiro atoms. The van der Waals surface area contributed by atoms with Crippen LogP contribution in [0.4, 0.5) is 5.69 Å². The highest BCUT2D eigenvalue weighted by atomic mass is 35.5. The van der Waals surface area contributed by atoms with E-state index in [0.717, 1.165) is 16.9 Å². The molecule has 0 heterocycles. The fourth-order valence-corrected chi connectivity index (χ4v) is 2.03. The predicted molar refractivity (Wildman–Crippen MR) is 76.4 cm³/mol. The minimum absolute atomic E-state index is 0.381. The average Bonchev–Trinajstić information content (AvgIpc) is 2.32. The highest BCUT2D eigenvalue weighted by Crippen LogP contribution is 2.25. The Bertz CT molecular complexity index is 570. The van der Waals surface area contributed by atoms with Gasteiger partial charge in [-0.15, -0.1) is 0 Å². The van der Waals surface area contributed by atoms with Crippen molar-refractivity contribution in [3.8, 4) is 5.75 Å². The monoisotopic (exact) mass is 281 g/mol. The lowest BCUT2D eigenvalue weighted by Crippen LogP contribution is -1.99. The van der Waals surface area contributed by atoms with Crippen molar-refractivity contribution in [3.63, 3.8) is 0 Å². The molecular weight excluding hydrogens is 269 g/mol. The van der Waals surface area contributed by atoms with Gasteiger partial charge in [0.25, 0.3) is 0 Å². The van der Waals surface area contributed by atoms with Crippen molar-refractivity contribution >= 4 is 28.9 Å². The summed E-state index contributed by atoms with van der Waals surface area (Å²) in [5.41, 5.74) is 8.24. The summed E-state index contributed by atoms with van der Waals surface area (Å²) in [7, 11) is 0. The summed E-state index contributed by atoms with van der Waals surface area (Å²) in [5.74, 6) is 0.790. The topological polar surface area (TPSA) is 35.2 Å². The molecule has 0 amide bonds. The second-order valence-electron chi connectivity index (χ2n) is 4.05. The van der Waals surface area contributed by atoms with E-state index in [1.54, 1.807) is 18.2 Å². The molecule has 18 heavy (non-hydrogen) atoms. The lowest BCUT2D eigenvalue weighted by molar-refractivity contribution is 0.304. The summed E-state index contributed by atoms with van der Waals surface area (Å²) < 4.78 is 5.72. The van der Waals surface area contributed by atoms with Crippen LogP contribution in [0.1, 0.15) is 11.1 Å². The molecular formula is C14H13Cl2NO. The Kier molecular flexibility index (Phi) is 4.00. The molecule has 0 aliphatic heterocycles. The maximum absolute atomic E-state index is 6.07. The fourth-order valence-electron chi connectivity index (χ4n) is 1.64. The van der Waals surface area contributed by atoms with E-state index in [-0.39, 0.29) is 0 Å². The Morgan fingerprint density at radius 3 is 2.61 bits per heavy atom. The third kappa shape index (κ3) is 3.09. The van der Waals surface area contributed by atoms with Gasteiger partial charge in [0, 0.05) is 21.3 Å². The third-order valence-electron chi connectivity index (χ3n) is 2.59. The summed E-state index contributed by atoms with van der Waals surface area (Å²) in [5, 5.41) is 1.35. The zero-order valence-corrected chi connectivity index (χ0v) is 11.4. The van der Waals surface area contributed by atoms with Gasteiger partial charge < -0.3 is 10.5 Å². The first kappa shape index (κ1) is 13.1. The molecule has 0 aromatic heterocycles. The predicted octanol–water partition coefficient (Wildman–Crippen LogP) is 4.46. The molecule has 0 unspecified atom stereocenters. The Morgan fingerprint density at radius 2 is 1.89 bits per heavy atom. The van der Waals surface area contributed by atoms with Crippen molar-refractivity contribution in [1.29, 1.82) is 0 Å². The number of aryl methyl sites for hydroxylation is 1. The Labute approximate surface area is 116 Å². The Morgan fingerprint density at radius 1 is 1.11 bits per heavy atom. The average molecular weight is 282 g/mol. The summed E-state index contributed by atoms with van der Waals surface area (Å²) >= 11 is 12.0. The molecule has 0 saturated carbocycles. The van der Waals surface area contributed by atoms with Crippen molar-refractivity contribution in [1.82, 2.24) is 0 Å². The van der Waals surface area contributed by atoms with E-state index in [4.69, 9.17) is 33.7 Å². The molecule has 2 aromatic carbocycles. The van der Waals surface area contributed by atoms with Crippen molar-refractivity contribution in [2.75, 3.05) is 5.73 Å². The van der Waals surface area contributed by atoms with Crippen LogP contribution in [-0.2, 0) is 6.61 Å². The number of halogens is 2. The third-order valence-corrected chi connectivity index (χ3v) is 3.19. The van der Waals surface area contributed by atoms with E-state index in [1.807, 2.05) is 25.1 Å². The van der Waals surface area contributed by atoms with Gasteiger partial charge in [-0.25, -0.2) is 0 Å². The van der Waals surface area contributed by atoms with Crippen LogP contribution in [0.5, 0.6) is 5.75 Å². The number of nitrogens with two attached hydrogens (primary N) is 1. The van der Waals surface area contributed by atoms with E-state index in [2.05, 4.69) is 0 Å². The number of hydrogen-bond acceptors (Lipinski definition) is 2. The molecule has 2 aromatic rings. The molecule has 0 aliphatic rings. The summed E-state index contributed by atoms with van der Waals surface area (Å²) in [6.07, 6.45) is 0. The van der Waals surface area contributed by atoms with Crippen LogP contribution in [0, 0.1) is 6.92 Å². The van der Waals surface area contributed by atoms with Gasteiger partial charge in [-0.3, -0.25) is 0 Å². The van der Waals surface area contributed by atoms with E-state index in [0.29, 0.717) is 22.3 Å². The molecule has 0 atom stereocenters. The first-order valence-corrected chi connectivity index (χ1v) is 6.24. The minimum atomic E-state index is 0.381. The lowest BCUT2D eigenvalue weighted by Gasteiger charge is -2.11. The number of hydrogen-bond donors (Lipinski definition) is 1. The summed E-state index contributed by atoms with van der Waals surface area (Å²) in [4.78, 5) is 0. The normalized spacial score (nSPS) is 10.4. The van der Waals surface area contributed by atoms with Crippen LogP contribution in [0.25, 0.3) is 0 Å². The number of anilines is 1. The fraction of sp³-hybridized carbons (Fsp3) is 0.143. The quantitative estimate of drug-likeness (QED) is 0.843. The second kappa shape index (κ2) is 5.51. The van der Waals surface area contributed by atoms with Gasteiger partial charge >= 0.3 is 0 Å². The smallest absolute Gasteiger partial charge is 0.122 e. The molecule has 4 heteroatoms. The zero-order valence-electron chi connectivity index (χ0n) is 9.91. The first-order chi connectivity index (χ1) is 8.56. The molecule has 2 N–H and O–H groups in total. The van der Waals surface area contributed by atoms with Crippen molar-refractivity contribution in [3.05, 3.63) is 57.6 Å². The maximum atomic E-state index is 6.07. The highest BCUT2D eigenvalue weighted by molar-refractivity contribution is 6.31. The number of nitrogen functional groups attached to an aromatic ring is 1. The van der Waals surface area contributed by atoms with E-state index >= 15 is 0 Å². The standard InChI is InChI=1S/C14H13Cl2NO/c1-9-6-11(15)2-5-14(9)18-8-10-7-12(17)3-4-13(10)16/h2-7H,8,17H2,1H3. The molecule has 2 rings (SSSR count). The van der Waals surface area contributed by atoms with Gasteiger partial charge in [-0.2, -0.15) is 0 Å². The van der Waals surface area contributed by atoms with Crippen LogP contribution in [0.15, 0.2) is 36.4 Å². The maximum Gasteiger partial charge on any atom is 0.122 e. The Balaban J connectivity index is 2.13. The van der Waals surface area contributed by atoms with Gasteiger partial charge in [-0.05, 0) is 48.9 Å². The van der Waals surface area contributed by atoms with Crippen LogP contribution < -0.4 is 10.5 Å². The number of rotatable bonds is 3. The molecule has 2 nitrogen and oxygen atoms in total. The van der Waals surface area contributed by atoms with Gasteiger partial charge in [0.05, 0.1) is 0 Å². The molecule has 0 aliphatic carbocycles. The molecule has 0 fully saturated rings. The van der Waals surface area contributed by atoms with Gasteiger partial charge in [0.2, 0.25) is 0 Å². The zero-order chi connectivity index (χ0) is 13.1. The number of ether oxygens (including phenoxy) is 1. The summed E-state index contributed by atoms with van der Waals surface area (Å²) in [6.45, 7) is 2.33. The van der Waals surface area contributed by atoms with E-state index in [9.17, 15) is 0 Å². The number of benzene rings is 2. The van der Waals surface area contributed by atoms with Crippen LogP contribution >= 0.6 is 23.2 Å². The highest BCUT2D eigenvalue weighted by Gasteiger charge is 2.04.